The summed E-state index contributed by atoms with van der Waals surface area (Å²) in [6.07, 6.45) is 11.5. The largest absolute Gasteiger partial charge is 0.393 e. The molecule has 0 aliphatic heterocycles. The summed E-state index contributed by atoms with van der Waals surface area (Å²) in [7, 11) is 0. The first-order chi connectivity index (χ1) is 14.8. The summed E-state index contributed by atoms with van der Waals surface area (Å²) in [6, 6.07) is 0. The van der Waals surface area contributed by atoms with Crippen LogP contribution in [0.25, 0.3) is 0 Å². The number of rotatable bonds is 5. The Morgan fingerprint density at radius 3 is 2.25 bits per heavy atom. The Morgan fingerprint density at radius 2 is 1.59 bits per heavy atom. The SMILES string of the molecule is CC(C)CCCC(C)C1CCC2(C)C3CCC4C(C)(C)C(O)CCC4(C)C3C(=O)CC12C. The molecule has 0 aromatic heterocycles. The topological polar surface area (TPSA) is 37.3 Å². The summed E-state index contributed by atoms with van der Waals surface area (Å²) in [5, 5.41) is 10.8. The molecule has 0 bridgehead atoms. The fraction of sp³-hybridized carbons (Fsp3) is 0.967. The number of aliphatic hydroxyl groups excluding tert-OH is 1. The molecule has 1 N–H and O–H groups in total. The van der Waals surface area contributed by atoms with E-state index in [2.05, 4.69) is 55.4 Å². The normalized spacial score (nSPS) is 48.8. The lowest BCUT2D eigenvalue weighted by atomic mass is 9.37. The van der Waals surface area contributed by atoms with Crippen molar-refractivity contribution in [2.75, 3.05) is 0 Å². The van der Waals surface area contributed by atoms with Crippen molar-refractivity contribution in [2.45, 2.75) is 126 Å². The van der Waals surface area contributed by atoms with Crippen LogP contribution in [0.15, 0.2) is 0 Å². The van der Waals surface area contributed by atoms with Gasteiger partial charge in [-0.2, -0.15) is 0 Å². The van der Waals surface area contributed by atoms with Crippen molar-refractivity contribution in [3.05, 3.63) is 0 Å². The van der Waals surface area contributed by atoms with Crippen molar-refractivity contribution in [3.63, 3.8) is 0 Å². The van der Waals surface area contributed by atoms with E-state index in [1.165, 1.54) is 44.9 Å². The Morgan fingerprint density at radius 1 is 0.906 bits per heavy atom. The first-order valence-corrected chi connectivity index (χ1v) is 14.0. The number of aliphatic hydroxyl groups is 1. The van der Waals surface area contributed by atoms with E-state index >= 15 is 0 Å². The van der Waals surface area contributed by atoms with Crippen LogP contribution in [0.1, 0.15) is 120 Å². The molecule has 9 atom stereocenters. The number of hydrogen-bond donors (Lipinski definition) is 1. The van der Waals surface area contributed by atoms with Crippen LogP contribution < -0.4 is 0 Å². The van der Waals surface area contributed by atoms with Gasteiger partial charge in [0.2, 0.25) is 0 Å². The summed E-state index contributed by atoms with van der Waals surface area (Å²) in [6.45, 7) is 19.2. The van der Waals surface area contributed by atoms with Gasteiger partial charge in [-0.3, -0.25) is 4.79 Å². The van der Waals surface area contributed by atoms with Crippen LogP contribution in [-0.2, 0) is 4.79 Å². The molecule has 4 aliphatic carbocycles. The lowest BCUT2D eigenvalue weighted by Gasteiger charge is -2.66. The number of carbonyl (C=O) groups excluding carboxylic acids is 1. The molecule has 32 heavy (non-hydrogen) atoms. The van der Waals surface area contributed by atoms with Gasteiger partial charge in [0.1, 0.15) is 5.78 Å². The fourth-order valence-corrected chi connectivity index (χ4v) is 10.3. The third-order valence-corrected chi connectivity index (χ3v) is 12.3. The van der Waals surface area contributed by atoms with Gasteiger partial charge in [0, 0.05) is 12.3 Å². The van der Waals surface area contributed by atoms with Crippen molar-refractivity contribution in [3.8, 4) is 0 Å². The highest BCUT2D eigenvalue weighted by molar-refractivity contribution is 5.84. The zero-order valence-corrected chi connectivity index (χ0v) is 22.5. The van der Waals surface area contributed by atoms with Crippen molar-refractivity contribution in [1.29, 1.82) is 0 Å². The molecule has 2 heteroatoms. The van der Waals surface area contributed by atoms with Gasteiger partial charge in [-0.15, -0.1) is 0 Å². The molecule has 184 valence electrons. The lowest BCUT2D eigenvalue weighted by molar-refractivity contribution is -0.200. The average Bonchev–Trinajstić information content (AvgIpc) is 2.96. The predicted molar refractivity (Wildman–Crippen MR) is 133 cm³/mol. The Bertz CT molecular complexity index is 724. The number of fused-ring (bicyclic) bond motifs is 5. The minimum Gasteiger partial charge on any atom is -0.393 e. The number of ketones is 1. The number of hydrogen-bond acceptors (Lipinski definition) is 2. The molecule has 0 saturated heterocycles. The zero-order valence-electron chi connectivity index (χ0n) is 22.5. The van der Waals surface area contributed by atoms with E-state index < -0.39 is 0 Å². The van der Waals surface area contributed by atoms with Crippen molar-refractivity contribution >= 4 is 5.78 Å². The Hall–Kier alpha value is -0.370. The minimum atomic E-state index is -0.223. The van der Waals surface area contributed by atoms with Gasteiger partial charge in [-0.05, 0) is 89.8 Å². The molecule has 0 spiro atoms. The van der Waals surface area contributed by atoms with Crippen LogP contribution in [0.2, 0.25) is 0 Å². The monoisotopic (exact) mass is 444 g/mol. The van der Waals surface area contributed by atoms with Crippen molar-refractivity contribution in [2.24, 2.45) is 57.2 Å². The highest BCUT2D eigenvalue weighted by Crippen LogP contribution is 2.73. The molecule has 0 radical (unpaired) electrons. The van der Waals surface area contributed by atoms with Crippen LogP contribution in [0.4, 0.5) is 0 Å². The van der Waals surface area contributed by atoms with E-state index in [4.69, 9.17) is 0 Å². The van der Waals surface area contributed by atoms with E-state index in [9.17, 15) is 9.90 Å². The number of Topliss-reactive ketones (excluding diaryl/α,β-unsaturated/α-hetero) is 1. The fourth-order valence-electron chi connectivity index (χ4n) is 10.3. The smallest absolute Gasteiger partial charge is 0.137 e. The summed E-state index contributed by atoms with van der Waals surface area (Å²) in [4.78, 5) is 14.1. The molecular weight excluding hydrogens is 392 g/mol. The molecule has 2 nitrogen and oxygen atoms in total. The maximum atomic E-state index is 14.1. The molecule has 0 amide bonds. The van der Waals surface area contributed by atoms with Gasteiger partial charge in [0.25, 0.3) is 0 Å². The first-order valence-electron chi connectivity index (χ1n) is 14.0. The van der Waals surface area contributed by atoms with E-state index in [-0.39, 0.29) is 33.7 Å². The standard InChI is InChI=1S/C30H52O2/c1-19(2)10-9-11-20(3)21-14-17-29(7)22-12-13-24-27(4,5)25(32)15-16-28(24,6)26(22)23(31)18-30(21,29)8/h19-22,24-26,32H,9-18H2,1-8H3. The minimum absolute atomic E-state index is 0.0635. The molecular formula is C30H52O2. The zero-order chi connectivity index (χ0) is 23.7. The summed E-state index contributed by atoms with van der Waals surface area (Å²) < 4.78 is 0. The Labute approximate surface area is 198 Å². The van der Waals surface area contributed by atoms with Crippen LogP contribution in [0, 0.1) is 57.2 Å². The van der Waals surface area contributed by atoms with E-state index in [0.29, 0.717) is 23.5 Å². The maximum Gasteiger partial charge on any atom is 0.137 e. The summed E-state index contributed by atoms with van der Waals surface area (Å²) in [5.41, 5.74) is 0.434. The average molecular weight is 445 g/mol. The van der Waals surface area contributed by atoms with Crippen LogP contribution in [0.3, 0.4) is 0 Å². The molecule has 9 unspecified atom stereocenters. The Kier molecular flexibility index (Phi) is 6.26. The van der Waals surface area contributed by atoms with Crippen molar-refractivity contribution in [1.82, 2.24) is 0 Å². The molecule has 0 aromatic carbocycles. The van der Waals surface area contributed by atoms with E-state index in [1.807, 2.05) is 0 Å². The third kappa shape index (κ3) is 3.39. The second kappa shape index (κ2) is 8.10. The van der Waals surface area contributed by atoms with E-state index in [0.717, 1.165) is 31.1 Å². The predicted octanol–water partition coefficient (Wildman–Crippen LogP) is 7.67. The summed E-state index contributed by atoms with van der Waals surface area (Å²) >= 11 is 0. The molecule has 4 saturated carbocycles. The second-order valence-corrected chi connectivity index (χ2v) is 14.5. The van der Waals surface area contributed by atoms with Gasteiger partial charge in [0.05, 0.1) is 6.10 Å². The molecule has 4 aliphatic rings. The molecule has 0 aromatic rings. The molecule has 4 fully saturated rings. The highest BCUT2D eigenvalue weighted by atomic mass is 16.3. The van der Waals surface area contributed by atoms with Gasteiger partial charge < -0.3 is 5.11 Å². The molecule has 0 heterocycles. The third-order valence-electron chi connectivity index (χ3n) is 12.3. The maximum absolute atomic E-state index is 14.1. The van der Waals surface area contributed by atoms with Gasteiger partial charge in [-0.25, -0.2) is 0 Å². The summed E-state index contributed by atoms with van der Waals surface area (Å²) in [5.74, 6) is 3.99. The van der Waals surface area contributed by atoms with Crippen molar-refractivity contribution < 1.29 is 9.90 Å². The van der Waals surface area contributed by atoms with Gasteiger partial charge in [-0.1, -0.05) is 74.7 Å². The van der Waals surface area contributed by atoms with Crippen LogP contribution >= 0.6 is 0 Å². The van der Waals surface area contributed by atoms with Gasteiger partial charge in [0.15, 0.2) is 0 Å². The highest BCUT2D eigenvalue weighted by Gasteiger charge is 2.69. The van der Waals surface area contributed by atoms with E-state index in [1.54, 1.807) is 0 Å². The van der Waals surface area contributed by atoms with Crippen LogP contribution in [-0.4, -0.2) is 17.0 Å². The van der Waals surface area contributed by atoms with Gasteiger partial charge >= 0.3 is 0 Å². The number of carbonyl (C=O) groups is 1. The second-order valence-electron chi connectivity index (χ2n) is 14.5. The lowest BCUT2D eigenvalue weighted by Crippen LogP contribution is -2.64. The Balaban J connectivity index is 1.61. The first kappa shape index (κ1) is 24.7. The quantitative estimate of drug-likeness (QED) is 0.472. The van der Waals surface area contributed by atoms with Crippen LogP contribution in [0.5, 0.6) is 0 Å². The molecule has 4 rings (SSSR count).